The average molecular weight is 309 g/mol. The molecule has 0 aliphatic carbocycles. The number of rotatable bonds is 4. The predicted molar refractivity (Wildman–Crippen MR) is 87.6 cm³/mol. The van der Waals surface area contributed by atoms with Gasteiger partial charge in [-0.3, -0.25) is 0 Å². The molecule has 0 aliphatic rings. The van der Waals surface area contributed by atoms with Crippen molar-refractivity contribution in [2.45, 2.75) is 19.5 Å². The highest BCUT2D eigenvalue weighted by Crippen LogP contribution is 2.29. The number of hydrogen-bond acceptors (Lipinski definition) is 2. The number of hydrogen-bond donors (Lipinski definition) is 1. The molecule has 0 radical (unpaired) electrons. The quantitative estimate of drug-likeness (QED) is 0.891. The summed E-state index contributed by atoms with van der Waals surface area (Å²) in [4.78, 5) is 2.10. The standard InChI is InChI=1S/C16H18Cl2N2/c1-11(19)13-6-7-16(15(18)9-13)20(2)10-12-4-3-5-14(17)8-12/h3-9,11H,10,19H2,1-2H3/t11-/m1/s1. The van der Waals surface area contributed by atoms with E-state index in [4.69, 9.17) is 28.9 Å². The summed E-state index contributed by atoms with van der Waals surface area (Å²) in [5, 5.41) is 1.46. The van der Waals surface area contributed by atoms with Gasteiger partial charge in [-0.15, -0.1) is 0 Å². The highest BCUT2D eigenvalue weighted by Gasteiger charge is 2.09. The van der Waals surface area contributed by atoms with Crippen LogP contribution in [-0.2, 0) is 6.54 Å². The highest BCUT2D eigenvalue weighted by atomic mass is 35.5. The van der Waals surface area contributed by atoms with Gasteiger partial charge in [0.25, 0.3) is 0 Å². The van der Waals surface area contributed by atoms with Crippen LogP contribution in [0.25, 0.3) is 0 Å². The Bertz CT molecular complexity index is 597. The van der Waals surface area contributed by atoms with Crippen molar-refractivity contribution in [1.29, 1.82) is 0 Å². The first-order chi connectivity index (χ1) is 9.47. The third-order valence-electron chi connectivity index (χ3n) is 3.22. The van der Waals surface area contributed by atoms with Gasteiger partial charge in [0.2, 0.25) is 0 Å². The van der Waals surface area contributed by atoms with Gasteiger partial charge in [0.05, 0.1) is 10.7 Å². The number of halogens is 2. The molecule has 2 rings (SSSR count). The highest BCUT2D eigenvalue weighted by molar-refractivity contribution is 6.33. The molecule has 2 N–H and O–H groups in total. The van der Waals surface area contributed by atoms with E-state index in [9.17, 15) is 0 Å². The molecule has 1 atom stereocenters. The van der Waals surface area contributed by atoms with E-state index >= 15 is 0 Å². The van der Waals surface area contributed by atoms with E-state index in [1.807, 2.05) is 56.4 Å². The van der Waals surface area contributed by atoms with Crippen LogP contribution >= 0.6 is 23.2 Å². The Labute approximate surface area is 130 Å². The van der Waals surface area contributed by atoms with Crippen LogP contribution in [0.4, 0.5) is 5.69 Å². The zero-order valence-corrected chi connectivity index (χ0v) is 13.1. The van der Waals surface area contributed by atoms with Gasteiger partial charge in [-0.25, -0.2) is 0 Å². The lowest BCUT2D eigenvalue weighted by Gasteiger charge is -2.22. The molecule has 0 spiro atoms. The molecule has 2 aromatic rings. The van der Waals surface area contributed by atoms with E-state index in [-0.39, 0.29) is 6.04 Å². The molecule has 4 heteroatoms. The van der Waals surface area contributed by atoms with Crippen molar-refractivity contribution in [2.75, 3.05) is 11.9 Å². The van der Waals surface area contributed by atoms with Gasteiger partial charge >= 0.3 is 0 Å². The molecule has 0 aromatic heterocycles. The SMILES string of the molecule is C[C@@H](N)c1ccc(N(C)Cc2cccc(Cl)c2)c(Cl)c1. The van der Waals surface area contributed by atoms with Gasteiger partial charge in [-0.1, -0.05) is 41.4 Å². The summed E-state index contributed by atoms with van der Waals surface area (Å²) in [5.74, 6) is 0. The summed E-state index contributed by atoms with van der Waals surface area (Å²) >= 11 is 12.3. The summed E-state index contributed by atoms with van der Waals surface area (Å²) in [6.07, 6.45) is 0. The minimum atomic E-state index is -0.0141. The summed E-state index contributed by atoms with van der Waals surface area (Å²) in [5.41, 5.74) is 9.03. The fraction of sp³-hybridized carbons (Fsp3) is 0.250. The fourth-order valence-corrected chi connectivity index (χ4v) is 2.66. The molecule has 0 saturated heterocycles. The second-order valence-electron chi connectivity index (χ2n) is 4.99. The number of anilines is 1. The predicted octanol–water partition coefficient (Wildman–Crippen LogP) is 4.65. The van der Waals surface area contributed by atoms with E-state index in [2.05, 4.69) is 4.90 Å². The molecule has 0 saturated carbocycles. The van der Waals surface area contributed by atoms with Crippen molar-refractivity contribution in [3.05, 3.63) is 63.6 Å². The summed E-state index contributed by atoms with van der Waals surface area (Å²) in [6, 6.07) is 13.8. The van der Waals surface area contributed by atoms with E-state index in [1.54, 1.807) is 0 Å². The molecule has 0 unspecified atom stereocenters. The van der Waals surface area contributed by atoms with Crippen LogP contribution in [0.3, 0.4) is 0 Å². The lowest BCUT2D eigenvalue weighted by atomic mass is 10.1. The largest absolute Gasteiger partial charge is 0.369 e. The average Bonchev–Trinajstić information content (AvgIpc) is 2.38. The maximum Gasteiger partial charge on any atom is 0.0642 e. The number of benzene rings is 2. The molecule has 106 valence electrons. The van der Waals surface area contributed by atoms with Crippen molar-refractivity contribution in [1.82, 2.24) is 0 Å². The van der Waals surface area contributed by atoms with Crippen LogP contribution in [0.5, 0.6) is 0 Å². The Morgan fingerprint density at radius 2 is 1.90 bits per heavy atom. The van der Waals surface area contributed by atoms with Crippen LogP contribution in [0.15, 0.2) is 42.5 Å². The summed E-state index contributed by atoms with van der Waals surface area (Å²) < 4.78 is 0. The minimum Gasteiger partial charge on any atom is -0.369 e. The molecular weight excluding hydrogens is 291 g/mol. The van der Waals surface area contributed by atoms with Crippen LogP contribution in [0.1, 0.15) is 24.1 Å². The molecule has 20 heavy (non-hydrogen) atoms. The Morgan fingerprint density at radius 1 is 1.15 bits per heavy atom. The van der Waals surface area contributed by atoms with Crippen LogP contribution in [-0.4, -0.2) is 7.05 Å². The van der Waals surface area contributed by atoms with Gasteiger partial charge in [-0.05, 0) is 42.3 Å². The zero-order chi connectivity index (χ0) is 14.7. The van der Waals surface area contributed by atoms with Gasteiger partial charge < -0.3 is 10.6 Å². The second kappa shape index (κ2) is 6.49. The molecule has 0 bridgehead atoms. The first-order valence-corrected chi connectivity index (χ1v) is 7.23. The van der Waals surface area contributed by atoms with Crippen molar-refractivity contribution in [3.8, 4) is 0 Å². The Morgan fingerprint density at radius 3 is 2.50 bits per heavy atom. The monoisotopic (exact) mass is 308 g/mol. The summed E-state index contributed by atoms with van der Waals surface area (Å²) in [6.45, 7) is 2.69. The van der Waals surface area contributed by atoms with E-state index in [0.717, 1.165) is 28.4 Å². The van der Waals surface area contributed by atoms with Gasteiger partial charge in [-0.2, -0.15) is 0 Å². The van der Waals surface area contributed by atoms with Crippen molar-refractivity contribution < 1.29 is 0 Å². The van der Waals surface area contributed by atoms with Crippen LogP contribution in [0.2, 0.25) is 10.0 Å². The van der Waals surface area contributed by atoms with Crippen molar-refractivity contribution in [3.63, 3.8) is 0 Å². The smallest absolute Gasteiger partial charge is 0.0642 e. The summed E-state index contributed by atoms with van der Waals surface area (Å²) in [7, 11) is 2.01. The number of nitrogens with two attached hydrogens (primary N) is 1. The van der Waals surface area contributed by atoms with Gasteiger partial charge in [0, 0.05) is 24.7 Å². The maximum atomic E-state index is 6.34. The molecule has 2 nitrogen and oxygen atoms in total. The van der Waals surface area contributed by atoms with Crippen LogP contribution < -0.4 is 10.6 Å². The molecular formula is C16H18Cl2N2. The molecule has 0 amide bonds. The Balaban J connectivity index is 2.19. The minimum absolute atomic E-state index is 0.0141. The van der Waals surface area contributed by atoms with E-state index in [1.165, 1.54) is 0 Å². The topological polar surface area (TPSA) is 29.3 Å². The van der Waals surface area contributed by atoms with Crippen molar-refractivity contribution in [2.24, 2.45) is 5.73 Å². The van der Waals surface area contributed by atoms with E-state index < -0.39 is 0 Å². The zero-order valence-electron chi connectivity index (χ0n) is 11.6. The first kappa shape index (κ1) is 15.2. The molecule has 0 aliphatic heterocycles. The van der Waals surface area contributed by atoms with E-state index in [0.29, 0.717) is 5.02 Å². The van der Waals surface area contributed by atoms with Gasteiger partial charge in [0.15, 0.2) is 0 Å². The lowest BCUT2D eigenvalue weighted by Crippen LogP contribution is -2.17. The van der Waals surface area contributed by atoms with Gasteiger partial charge in [0.1, 0.15) is 0 Å². The lowest BCUT2D eigenvalue weighted by molar-refractivity contribution is 0.817. The maximum absolute atomic E-state index is 6.34. The Kier molecular flexibility index (Phi) is 4.92. The normalized spacial score (nSPS) is 12.2. The Hall–Kier alpha value is -1.22. The third kappa shape index (κ3) is 3.66. The fourth-order valence-electron chi connectivity index (χ4n) is 2.11. The second-order valence-corrected chi connectivity index (χ2v) is 5.83. The molecule has 0 heterocycles. The number of nitrogens with zero attached hydrogens (tertiary/aromatic N) is 1. The van der Waals surface area contributed by atoms with Crippen molar-refractivity contribution >= 4 is 28.9 Å². The molecule has 0 fully saturated rings. The first-order valence-electron chi connectivity index (χ1n) is 6.48. The van der Waals surface area contributed by atoms with Crippen LogP contribution in [0, 0.1) is 0 Å². The third-order valence-corrected chi connectivity index (χ3v) is 3.76. The molecule has 2 aromatic carbocycles.